The van der Waals surface area contributed by atoms with Crippen LogP contribution in [0, 0.1) is 0 Å². The maximum atomic E-state index is 12.7. The normalized spacial score (nSPS) is 11.7. The van der Waals surface area contributed by atoms with Crippen LogP contribution in [0.3, 0.4) is 0 Å². The van der Waals surface area contributed by atoms with Gasteiger partial charge in [-0.25, -0.2) is 9.67 Å². The van der Waals surface area contributed by atoms with Crippen LogP contribution < -0.4 is 5.73 Å². The lowest BCUT2D eigenvalue weighted by Crippen LogP contribution is -2.14. The first-order chi connectivity index (χ1) is 7.50. The van der Waals surface area contributed by atoms with Crippen LogP contribution in [0.2, 0.25) is 0 Å². The van der Waals surface area contributed by atoms with Gasteiger partial charge in [-0.2, -0.15) is 13.2 Å². The van der Waals surface area contributed by atoms with Crippen molar-refractivity contribution in [3.05, 3.63) is 30.2 Å². The number of hydrogen-bond acceptors (Lipinski definition) is 4. The molecule has 8 heteroatoms. The van der Waals surface area contributed by atoms with Gasteiger partial charge in [0.15, 0.2) is 0 Å². The van der Waals surface area contributed by atoms with Crippen LogP contribution in [0.15, 0.2) is 24.7 Å². The van der Waals surface area contributed by atoms with E-state index in [2.05, 4.69) is 15.3 Å². The molecule has 0 saturated heterocycles. The van der Waals surface area contributed by atoms with E-state index < -0.39 is 11.7 Å². The van der Waals surface area contributed by atoms with Crippen LogP contribution in [0.4, 0.5) is 19.0 Å². The molecule has 0 aromatic carbocycles. The second kappa shape index (κ2) is 3.47. The zero-order valence-corrected chi connectivity index (χ0v) is 7.81. The van der Waals surface area contributed by atoms with E-state index in [0.29, 0.717) is 0 Å². The molecule has 2 N–H and O–H groups in total. The van der Waals surface area contributed by atoms with Crippen LogP contribution in [0.1, 0.15) is 5.56 Å². The summed E-state index contributed by atoms with van der Waals surface area (Å²) < 4.78 is 39.0. The van der Waals surface area contributed by atoms with E-state index in [-0.39, 0.29) is 11.5 Å². The maximum Gasteiger partial charge on any atom is 0.418 e. The summed E-state index contributed by atoms with van der Waals surface area (Å²) >= 11 is 0. The molecule has 2 aromatic heterocycles. The fourth-order valence-electron chi connectivity index (χ4n) is 1.27. The predicted molar refractivity (Wildman–Crippen MR) is 48.6 cm³/mol. The number of halogens is 3. The Labute approximate surface area is 87.7 Å². The van der Waals surface area contributed by atoms with E-state index in [1.54, 1.807) is 0 Å². The Bertz CT molecular complexity index is 491. The summed E-state index contributed by atoms with van der Waals surface area (Å²) in [5.41, 5.74) is 4.20. The van der Waals surface area contributed by atoms with Crippen molar-refractivity contribution in [2.75, 3.05) is 5.73 Å². The first kappa shape index (κ1) is 10.4. The van der Waals surface area contributed by atoms with Gasteiger partial charge in [-0.3, -0.25) is 0 Å². The molecule has 0 aliphatic heterocycles. The topological polar surface area (TPSA) is 69.6 Å². The minimum atomic E-state index is -4.52. The number of nitrogens with zero attached hydrogens (tertiary/aromatic N) is 4. The van der Waals surface area contributed by atoms with Crippen molar-refractivity contribution < 1.29 is 13.2 Å². The number of pyridine rings is 1. The molecule has 0 amide bonds. The van der Waals surface area contributed by atoms with Crippen molar-refractivity contribution in [3.8, 4) is 5.69 Å². The fraction of sp³-hybridized carbons (Fsp3) is 0.125. The lowest BCUT2D eigenvalue weighted by atomic mass is 10.2. The summed E-state index contributed by atoms with van der Waals surface area (Å²) in [4.78, 5) is 3.60. The molecule has 2 rings (SSSR count). The number of nitrogen functional groups attached to an aromatic ring is 1. The number of nitrogens with two attached hydrogens (primary N) is 1. The van der Waals surface area contributed by atoms with E-state index in [0.717, 1.165) is 16.9 Å². The second-order valence-corrected chi connectivity index (χ2v) is 2.94. The largest absolute Gasteiger partial charge is 0.418 e. The zero-order chi connectivity index (χ0) is 11.8. The van der Waals surface area contributed by atoms with Gasteiger partial charge in [-0.1, -0.05) is 5.21 Å². The van der Waals surface area contributed by atoms with Gasteiger partial charge in [0.1, 0.15) is 11.5 Å². The molecule has 2 heterocycles. The quantitative estimate of drug-likeness (QED) is 0.799. The Kier molecular flexibility index (Phi) is 2.26. The molecule has 0 fully saturated rings. The monoisotopic (exact) mass is 229 g/mol. The van der Waals surface area contributed by atoms with Crippen molar-refractivity contribution in [1.82, 2.24) is 20.0 Å². The molecular weight excluding hydrogens is 223 g/mol. The minimum Gasteiger partial charge on any atom is -0.382 e. The van der Waals surface area contributed by atoms with Crippen molar-refractivity contribution >= 4 is 5.82 Å². The Morgan fingerprint density at radius 3 is 2.56 bits per heavy atom. The second-order valence-electron chi connectivity index (χ2n) is 2.94. The summed E-state index contributed by atoms with van der Waals surface area (Å²) in [5.74, 6) is -0.250. The molecule has 5 nitrogen and oxygen atoms in total. The number of aromatic nitrogens is 4. The van der Waals surface area contributed by atoms with E-state index in [1.807, 2.05) is 0 Å². The molecule has 0 atom stereocenters. The standard InChI is InChI=1S/C8H6F3N5/c9-8(10,11)5-1-2-13-7(12)6(5)16-4-3-14-15-16/h1-4H,(H2,12,13). The molecular formula is C8H6F3N5. The van der Waals surface area contributed by atoms with Gasteiger partial charge in [0.05, 0.1) is 18.0 Å². The number of alkyl halides is 3. The van der Waals surface area contributed by atoms with Gasteiger partial charge in [-0.15, -0.1) is 5.10 Å². The molecule has 84 valence electrons. The third-order valence-electron chi connectivity index (χ3n) is 1.91. The highest BCUT2D eigenvalue weighted by Crippen LogP contribution is 2.35. The summed E-state index contributed by atoms with van der Waals surface area (Å²) in [6.07, 6.45) is -0.994. The van der Waals surface area contributed by atoms with Crippen LogP contribution in [-0.4, -0.2) is 20.0 Å². The molecule has 16 heavy (non-hydrogen) atoms. The van der Waals surface area contributed by atoms with Crippen LogP contribution in [0.5, 0.6) is 0 Å². The van der Waals surface area contributed by atoms with Gasteiger partial charge in [0, 0.05) is 6.20 Å². The highest BCUT2D eigenvalue weighted by molar-refractivity contribution is 5.57. The molecule has 0 spiro atoms. The van der Waals surface area contributed by atoms with Gasteiger partial charge >= 0.3 is 6.18 Å². The van der Waals surface area contributed by atoms with Crippen LogP contribution >= 0.6 is 0 Å². The van der Waals surface area contributed by atoms with E-state index in [1.165, 1.54) is 12.4 Å². The summed E-state index contributed by atoms with van der Waals surface area (Å²) in [6, 6.07) is 0.841. The number of rotatable bonds is 1. The Morgan fingerprint density at radius 1 is 1.25 bits per heavy atom. The van der Waals surface area contributed by atoms with E-state index >= 15 is 0 Å². The maximum absolute atomic E-state index is 12.7. The summed E-state index contributed by atoms with van der Waals surface area (Å²) in [7, 11) is 0. The first-order valence-electron chi connectivity index (χ1n) is 4.18. The molecule has 0 aliphatic rings. The lowest BCUT2D eigenvalue weighted by molar-refractivity contribution is -0.137. The molecule has 0 aliphatic carbocycles. The zero-order valence-electron chi connectivity index (χ0n) is 7.81. The molecule has 0 saturated carbocycles. The van der Waals surface area contributed by atoms with Gasteiger partial charge < -0.3 is 5.73 Å². The van der Waals surface area contributed by atoms with Crippen molar-refractivity contribution in [1.29, 1.82) is 0 Å². The van der Waals surface area contributed by atoms with Crippen molar-refractivity contribution in [2.45, 2.75) is 6.18 Å². The van der Waals surface area contributed by atoms with Crippen LogP contribution in [0.25, 0.3) is 5.69 Å². The SMILES string of the molecule is Nc1nccc(C(F)(F)F)c1-n1ccnn1. The number of anilines is 1. The van der Waals surface area contributed by atoms with Crippen LogP contribution in [-0.2, 0) is 6.18 Å². The Balaban J connectivity index is 2.68. The molecule has 2 aromatic rings. The van der Waals surface area contributed by atoms with E-state index in [9.17, 15) is 13.2 Å². The van der Waals surface area contributed by atoms with Crippen molar-refractivity contribution in [2.24, 2.45) is 0 Å². The Hall–Kier alpha value is -2.12. The van der Waals surface area contributed by atoms with Gasteiger partial charge in [-0.05, 0) is 6.07 Å². The summed E-state index contributed by atoms with van der Waals surface area (Å²) in [5, 5.41) is 6.89. The average Bonchev–Trinajstić information content (AvgIpc) is 2.68. The highest BCUT2D eigenvalue weighted by atomic mass is 19.4. The third kappa shape index (κ3) is 1.69. The fourth-order valence-corrected chi connectivity index (χ4v) is 1.27. The Morgan fingerprint density at radius 2 is 2.00 bits per heavy atom. The van der Waals surface area contributed by atoms with Gasteiger partial charge in [0.25, 0.3) is 0 Å². The highest BCUT2D eigenvalue weighted by Gasteiger charge is 2.35. The van der Waals surface area contributed by atoms with Gasteiger partial charge in [0.2, 0.25) is 0 Å². The smallest absolute Gasteiger partial charge is 0.382 e. The average molecular weight is 229 g/mol. The molecule has 0 unspecified atom stereocenters. The number of hydrogen-bond donors (Lipinski definition) is 1. The van der Waals surface area contributed by atoms with Crippen molar-refractivity contribution in [3.63, 3.8) is 0 Å². The van der Waals surface area contributed by atoms with E-state index in [4.69, 9.17) is 5.73 Å². The summed E-state index contributed by atoms with van der Waals surface area (Å²) in [6.45, 7) is 0. The first-order valence-corrected chi connectivity index (χ1v) is 4.18. The third-order valence-corrected chi connectivity index (χ3v) is 1.91. The minimum absolute atomic E-state index is 0.250. The predicted octanol–water partition coefficient (Wildman–Crippen LogP) is 1.26. The molecule has 0 bridgehead atoms. The molecule has 0 radical (unpaired) electrons. The lowest BCUT2D eigenvalue weighted by Gasteiger charge is -2.13.